The lowest BCUT2D eigenvalue weighted by Gasteiger charge is -2.20. The molecule has 0 aliphatic carbocycles. The van der Waals surface area contributed by atoms with Crippen LogP contribution in [0.15, 0.2) is 18.2 Å². The molecule has 164 valence electrons. The Morgan fingerprint density at radius 3 is 2.59 bits per heavy atom. The number of halogens is 3. The van der Waals surface area contributed by atoms with Crippen LogP contribution < -0.4 is 10.5 Å². The molecule has 2 rings (SSSR count). The number of methoxy groups -OCH3 is 1. The Kier molecular flexibility index (Phi) is 8.30. The van der Waals surface area contributed by atoms with Gasteiger partial charge in [0.2, 0.25) is 0 Å². The Bertz CT molecular complexity index is 681. The molecule has 2 unspecified atom stereocenters. The van der Waals surface area contributed by atoms with Crippen molar-refractivity contribution < 1.29 is 36.9 Å². The molecular formula is C20H28F3NO5. The van der Waals surface area contributed by atoms with Crippen molar-refractivity contribution >= 4 is 5.97 Å². The smallest absolute Gasteiger partial charge is 0.419 e. The van der Waals surface area contributed by atoms with Gasteiger partial charge in [-0.3, -0.25) is 4.79 Å². The Hall–Kier alpha value is -1.84. The fourth-order valence-electron chi connectivity index (χ4n) is 3.07. The van der Waals surface area contributed by atoms with Crippen LogP contribution in [0.4, 0.5) is 13.2 Å². The van der Waals surface area contributed by atoms with Crippen molar-refractivity contribution in [2.75, 3.05) is 20.3 Å². The molecule has 0 bridgehead atoms. The first kappa shape index (κ1) is 23.4. The third kappa shape index (κ3) is 6.58. The number of nitrogens with two attached hydrogens (primary N) is 1. The third-order valence-electron chi connectivity index (χ3n) is 4.77. The van der Waals surface area contributed by atoms with E-state index in [4.69, 9.17) is 24.7 Å². The minimum absolute atomic E-state index is 0.0336. The molecule has 6 nitrogen and oxygen atoms in total. The molecule has 1 aliphatic rings. The highest BCUT2D eigenvalue weighted by Crippen LogP contribution is 2.37. The maximum Gasteiger partial charge on any atom is 0.419 e. The van der Waals surface area contributed by atoms with Crippen molar-refractivity contribution in [2.45, 2.75) is 51.8 Å². The van der Waals surface area contributed by atoms with E-state index in [0.29, 0.717) is 25.0 Å². The highest BCUT2D eigenvalue weighted by molar-refractivity contribution is 5.75. The van der Waals surface area contributed by atoms with Crippen LogP contribution in [0.25, 0.3) is 0 Å². The van der Waals surface area contributed by atoms with Gasteiger partial charge in [0.1, 0.15) is 18.1 Å². The summed E-state index contributed by atoms with van der Waals surface area (Å²) in [5.41, 5.74) is 5.60. The average Bonchev–Trinajstić information content (AvgIpc) is 3.04. The number of carbonyl (C=O) groups excluding carboxylic acids is 1. The maximum absolute atomic E-state index is 13.2. The molecular weight excluding hydrogens is 391 g/mol. The average molecular weight is 419 g/mol. The van der Waals surface area contributed by atoms with E-state index in [1.165, 1.54) is 19.2 Å². The number of cyclic esters (lactones) is 1. The van der Waals surface area contributed by atoms with Crippen LogP contribution in [0.3, 0.4) is 0 Å². The van der Waals surface area contributed by atoms with Crippen molar-refractivity contribution in [2.24, 2.45) is 17.6 Å². The summed E-state index contributed by atoms with van der Waals surface area (Å²) in [6.07, 6.45) is -5.05. The fourth-order valence-corrected chi connectivity index (χ4v) is 3.07. The van der Waals surface area contributed by atoms with Crippen LogP contribution in [0.1, 0.15) is 37.8 Å². The SMILES string of the molecule is COCCCOc1cc(COC(N)C2C[C@@H](C(C)C)C(=O)O2)ccc1C(F)(F)F. The highest BCUT2D eigenvalue weighted by atomic mass is 19.4. The van der Waals surface area contributed by atoms with Crippen LogP contribution in [0, 0.1) is 11.8 Å². The zero-order chi connectivity index (χ0) is 21.6. The topological polar surface area (TPSA) is 80.0 Å². The molecule has 1 aromatic carbocycles. The predicted molar refractivity (Wildman–Crippen MR) is 99.0 cm³/mol. The summed E-state index contributed by atoms with van der Waals surface area (Å²) in [5, 5.41) is 0. The largest absolute Gasteiger partial charge is 0.493 e. The van der Waals surface area contributed by atoms with E-state index in [-0.39, 0.29) is 36.8 Å². The summed E-state index contributed by atoms with van der Waals surface area (Å²) in [6, 6.07) is 3.56. The molecule has 0 aromatic heterocycles. The first-order valence-electron chi connectivity index (χ1n) is 9.53. The Balaban J connectivity index is 2.00. The van der Waals surface area contributed by atoms with Crippen LogP contribution in [0.2, 0.25) is 0 Å². The summed E-state index contributed by atoms with van der Waals surface area (Å²) < 4.78 is 60.6. The van der Waals surface area contributed by atoms with Gasteiger partial charge >= 0.3 is 12.1 Å². The lowest BCUT2D eigenvalue weighted by Crippen LogP contribution is -2.37. The molecule has 0 saturated carbocycles. The standard InChI is InChI=1S/C20H28F3NO5/c1-12(2)14-10-17(29-19(14)25)18(24)28-11-13-5-6-15(20(21,22)23)16(9-13)27-8-4-7-26-3/h5-6,9,12,14,17-18H,4,7-8,10-11,24H2,1-3H3/t14-,17?,18?/m0/s1. The zero-order valence-electron chi connectivity index (χ0n) is 16.8. The summed E-state index contributed by atoms with van der Waals surface area (Å²) in [4.78, 5) is 11.9. The molecule has 1 saturated heterocycles. The maximum atomic E-state index is 13.2. The van der Waals surface area contributed by atoms with E-state index in [2.05, 4.69) is 0 Å². The lowest BCUT2D eigenvalue weighted by molar-refractivity contribution is -0.150. The summed E-state index contributed by atoms with van der Waals surface area (Å²) >= 11 is 0. The van der Waals surface area contributed by atoms with Gasteiger partial charge in [-0.25, -0.2) is 0 Å². The zero-order valence-corrected chi connectivity index (χ0v) is 16.8. The normalized spacial score (nSPS) is 20.8. The van der Waals surface area contributed by atoms with Crippen molar-refractivity contribution in [1.29, 1.82) is 0 Å². The molecule has 1 heterocycles. The van der Waals surface area contributed by atoms with Crippen LogP contribution in [-0.4, -0.2) is 38.6 Å². The molecule has 1 fully saturated rings. The number of hydrogen-bond donors (Lipinski definition) is 1. The van der Waals surface area contributed by atoms with E-state index in [9.17, 15) is 18.0 Å². The van der Waals surface area contributed by atoms with Gasteiger partial charge < -0.3 is 24.7 Å². The number of alkyl halides is 3. The Morgan fingerprint density at radius 1 is 1.28 bits per heavy atom. The second-order valence-electron chi connectivity index (χ2n) is 7.36. The quantitative estimate of drug-likeness (QED) is 0.355. The number of ether oxygens (including phenoxy) is 4. The van der Waals surface area contributed by atoms with Crippen LogP contribution in [0.5, 0.6) is 5.75 Å². The van der Waals surface area contributed by atoms with E-state index in [0.717, 1.165) is 6.07 Å². The van der Waals surface area contributed by atoms with Gasteiger partial charge in [-0.2, -0.15) is 13.2 Å². The van der Waals surface area contributed by atoms with Crippen LogP contribution in [-0.2, 0) is 31.8 Å². The minimum Gasteiger partial charge on any atom is -0.493 e. The number of benzene rings is 1. The Morgan fingerprint density at radius 2 is 2.00 bits per heavy atom. The van der Waals surface area contributed by atoms with E-state index >= 15 is 0 Å². The van der Waals surface area contributed by atoms with Crippen molar-refractivity contribution in [1.82, 2.24) is 0 Å². The molecule has 0 radical (unpaired) electrons. The van der Waals surface area contributed by atoms with Crippen molar-refractivity contribution in [3.05, 3.63) is 29.3 Å². The van der Waals surface area contributed by atoms with Gasteiger partial charge in [0, 0.05) is 26.6 Å². The molecule has 0 amide bonds. The second kappa shape index (κ2) is 10.3. The monoisotopic (exact) mass is 419 g/mol. The molecule has 2 N–H and O–H groups in total. The van der Waals surface area contributed by atoms with Gasteiger partial charge in [-0.1, -0.05) is 19.9 Å². The molecule has 9 heteroatoms. The summed E-state index contributed by atoms with van der Waals surface area (Å²) in [6.45, 7) is 4.30. The summed E-state index contributed by atoms with van der Waals surface area (Å²) in [5.74, 6) is -0.666. The number of rotatable bonds is 10. The number of hydrogen-bond acceptors (Lipinski definition) is 6. The molecule has 3 atom stereocenters. The third-order valence-corrected chi connectivity index (χ3v) is 4.77. The van der Waals surface area contributed by atoms with E-state index < -0.39 is 24.1 Å². The number of carbonyl (C=O) groups is 1. The van der Waals surface area contributed by atoms with Gasteiger partial charge in [-0.15, -0.1) is 0 Å². The van der Waals surface area contributed by atoms with E-state index in [1.807, 2.05) is 13.8 Å². The molecule has 1 aliphatic heterocycles. The number of esters is 1. The fraction of sp³-hybridized carbons (Fsp3) is 0.650. The predicted octanol–water partition coefficient (Wildman–Crippen LogP) is 3.51. The Labute approximate surface area is 168 Å². The molecule has 29 heavy (non-hydrogen) atoms. The first-order chi connectivity index (χ1) is 13.6. The van der Waals surface area contributed by atoms with Gasteiger partial charge in [0.05, 0.1) is 24.7 Å². The minimum atomic E-state index is -4.53. The van der Waals surface area contributed by atoms with Crippen molar-refractivity contribution in [3.8, 4) is 5.75 Å². The van der Waals surface area contributed by atoms with Crippen LogP contribution >= 0.6 is 0 Å². The first-order valence-corrected chi connectivity index (χ1v) is 9.53. The van der Waals surface area contributed by atoms with Crippen molar-refractivity contribution in [3.63, 3.8) is 0 Å². The van der Waals surface area contributed by atoms with Gasteiger partial charge in [-0.05, 0) is 23.6 Å². The van der Waals surface area contributed by atoms with Gasteiger partial charge in [0.25, 0.3) is 0 Å². The molecule has 0 spiro atoms. The second-order valence-corrected chi connectivity index (χ2v) is 7.36. The lowest BCUT2D eigenvalue weighted by atomic mass is 9.92. The molecule has 1 aromatic rings. The summed E-state index contributed by atoms with van der Waals surface area (Å²) in [7, 11) is 1.51. The van der Waals surface area contributed by atoms with E-state index in [1.54, 1.807) is 0 Å². The highest BCUT2D eigenvalue weighted by Gasteiger charge is 2.39. The van der Waals surface area contributed by atoms with Gasteiger partial charge in [0.15, 0.2) is 0 Å².